The van der Waals surface area contributed by atoms with E-state index in [2.05, 4.69) is 82.5 Å². The highest BCUT2D eigenvalue weighted by molar-refractivity contribution is 9.10. The molecule has 0 unspecified atom stereocenters. The number of hydrogen-bond acceptors (Lipinski definition) is 1. The lowest BCUT2D eigenvalue weighted by atomic mass is 10.1. The summed E-state index contributed by atoms with van der Waals surface area (Å²) < 4.78 is 1.08. The first-order valence-electron chi connectivity index (χ1n) is 7.72. The second-order valence-corrected chi connectivity index (χ2v) is 6.29. The van der Waals surface area contributed by atoms with Crippen LogP contribution in [0, 0.1) is 0 Å². The predicted molar refractivity (Wildman–Crippen MR) is 109 cm³/mol. The minimum atomic E-state index is 0.979. The first-order chi connectivity index (χ1) is 11.7. The standard InChI is InChI=1S/C22H18BrN/c1-3-8-20(4-2)24(21-9-6-5-7-10-21)22-14-12-17-15-19(23)13-11-18(17)16-22/h3-16H,1-2H2/b20-8+. The van der Waals surface area contributed by atoms with Crippen LogP contribution < -0.4 is 4.90 Å². The first kappa shape index (κ1) is 16.3. The van der Waals surface area contributed by atoms with Crippen molar-refractivity contribution in [3.8, 4) is 0 Å². The number of rotatable bonds is 5. The lowest BCUT2D eigenvalue weighted by Gasteiger charge is -2.26. The Morgan fingerprint density at radius 2 is 1.54 bits per heavy atom. The van der Waals surface area contributed by atoms with Gasteiger partial charge in [0, 0.05) is 21.5 Å². The summed E-state index contributed by atoms with van der Waals surface area (Å²) >= 11 is 3.53. The van der Waals surface area contributed by atoms with Crippen LogP contribution in [0.3, 0.4) is 0 Å². The molecule has 0 spiro atoms. The number of fused-ring (bicyclic) bond motifs is 1. The summed E-state index contributed by atoms with van der Waals surface area (Å²) in [7, 11) is 0. The van der Waals surface area contributed by atoms with Crippen LogP contribution in [-0.2, 0) is 0 Å². The Kier molecular flexibility index (Phi) is 4.97. The maximum atomic E-state index is 3.96. The highest BCUT2D eigenvalue weighted by Crippen LogP contribution is 2.33. The van der Waals surface area contributed by atoms with Gasteiger partial charge in [0.1, 0.15) is 0 Å². The van der Waals surface area contributed by atoms with Gasteiger partial charge in [-0.3, -0.25) is 0 Å². The number of anilines is 2. The van der Waals surface area contributed by atoms with E-state index in [0.29, 0.717) is 0 Å². The van der Waals surface area contributed by atoms with Gasteiger partial charge in [-0.15, -0.1) is 0 Å². The van der Waals surface area contributed by atoms with Gasteiger partial charge in [-0.05, 0) is 59.3 Å². The van der Waals surface area contributed by atoms with E-state index in [1.54, 1.807) is 6.08 Å². The number of para-hydroxylation sites is 1. The Labute approximate surface area is 151 Å². The molecule has 3 aromatic rings. The number of halogens is 1. The van der Waals surface area contributed by atoms with E-state index in [1.807, 2.05) is 30.4 Å². The van der Waals surface area contributed by atoms with E-state index in [0.717, 1.165) is 21.5 Å². The topological polar surface area (TPSA) is 3.24 Å². The molecule has 3 aromatic carbocycles. The number of nitrogens with zero attached hydrogens (tertiary/aromatic N) is 1. The van der Waals surface area contributed by atoms with Gasteiger partial charge in [-0.1, -0.05) is 65.5 Å². The zero-order valence-electron chi connectivity index (χ0n) is 13.3. The summed E-state index contributed by atoms with van der Waals surface area (Å²) in [5.41, 5.74) is 3.15. The fourth-order valence-electron chi connectivity index (χ4n) is 2.72. The van der Waals surface area contributed by atoms with Crippen molar-refractivity contribution in [2.45, 2.75) is 0 Å². The molecular weight excluding hydrogens is 358 g/mol. The molecule has 0 aliphatic carbocycles. The van der Waals surface area contributed by atoms with Gasteiger partial charge in [0.25, 0.3) is 0 Å². The molecule has 0 fully saturated rings. The minimum Gasteiger partial charge on any atom is -0.311 e. The van der Waals surface area contributed by atoms with Crippen molar-refractivity contribution in [3.05, 3.63) is 108 Å². The normalized spacial score (nSPS) is 11.3. The Bertz CT molecular complexity index is 910. The SMILES string of the molecule is C=C/C=C(\C=C)N(c1ccccc1)c1ccc2cc(Br)ccc2c1. The smallest absolute Gasteiger partial charge is 0.0467 e. The van der Waals surface area contributed by atoms with E-state index in [9.17, 15) is 0 Å². The van der Waals surface area contributed by atoms with Gasteiger partial charge < -0.3 is 4.90 Å². The van der Waals surface area contributed by atoms with E-state index in [1.165, 1.54) is 10.8 Å². The number of benzene rings is 3. The molecule has 1 nitrogen and oxygen atoms in total. The molecule has 0 aliphatic heterocycles. The van der Waals surface area contributed by atoms with Crippen molar-refractivity contribution < 1.29 is 0 Å². The zero-order valence-corrected chi connectivity index (χ0v) is 14.9. The van der Waals surface area contributed by atoms with E-state index in [4.69, 9.17) is 0 Å². The third-order valence-electron chi connectivity index (χ3n) is 3.81. The average Bonchev–Trinajstić information content (AvgIpc) is 2.62. The molecule has 0 aliphatic rings. The molecular formula is C22H18BrN. The van der Waals surface area contributed by atoms with E-state index < -0.39 is 0 Å². The van der Waals surface area contributed by atoms with Crippen LogP contribution in [0.4, 0.5) is 11.4 Å². The largest absolute Gasteiger partial charge is 0.311 e. The van der Waals surface area contributed by atoms with Crippen LogP contribution in [0.2, 0.25) is 0 Å². The monoisotopic (exact) mass is 375 g/mol. The highest BCUT2D eigenvalue weighted by atomic mass is 79.9. The zero-order chi connectivity index (χ0) is 16.9. The summed E-state index contributed by atoms with van der Waals surface area (Å²) in [6.07, 6.45) is 5.59. The molecule has 0 amide bonds. The molecule has 2 heteroatoms. The quantitative estimate of drug-likeness (QED) is 0.434. The molecule has 118 valence electrons. The second kappa shape index (κ2) is 7.33. The molecule has 24 heavy (non-hydrogen) atoms. The maximum absolute atomic E-state index is 3.96. The number of allylic oxidation sites excluding steroid dienone is 3. The van der Waals surface area contributed by atoms with Gasteiger partial charge in [-0.25, -0.2) is 0 Å². The number of hydrogen-bond donors (Lipinski definition) is 0. The van der Waals surface area contributed by atoms with Crippen molar-refractivity contribution in [2.24, 2.45) is 0 Å². The lowest BCUT2D eigenvalue weighted by Crippen LogP contribution is -2.14. The fourth-order valence-corrected chi connectivity index (χ4v) is 3.10. The van der Waals surface area contributed by atoms with Crippen molar-refractivity contribution >= 4 is 38.1 Å². The van der Waals surface area contributed by atoms with E-state index >= 15 is 0 Å². The van der Waals surface area contributed by atoms with Crippen LogP contribution in [0.25, 0.3) is 10.8 Å². The Hall–Kier alpha value is -2.58. The van der Waals surface area contributed by atoms with Crippen molar-refractivity contribution in [3.63, 3.8) is 0 Å². The molecule has 0 saturated carbocycles. The molecule has 0 N–H and O–H groups in total. The maximum Gasteiger partial charge on any atom is 0.0467 e. The molecule has 0 bridgehead atoms. The third kappa shape index (κ3) is 3.34. The van der Waals surface area contributed by atoms with E-state index in [-0.39, 0.29) is 0 Å². The Morgan fingerprint density at radius 3 is 2.25 bits per heavy atom. The second-order valence-electron chi connectivity index (χ2n) is 5.38. The van der Waals surface area contributed by atoms with Crippen LogP contribution in [0.1, 0.15) is 0 Å². The first-order valence-corrected chi connectivity index (χ1v) is 8.52. The highest BCUT2D eigenvalue weighted by Gasteiger charge is 2.12. The fraction of sp³-hybridized carbons (Fsp3) is 0. The molecule has 0 heterocycles. The van der Waals surface area contributed by atoms with Gasteiger partial charge in [0.15, 0.2) is 0 Å². The molecule has 0 saturated heterocycles. The summed E-state index contributed by atoms with van der Waals surface area (Å²) in [5, 5.41) is 2.40. The van der Waals surface area contributed by atoms with Crippen molar-refractivity contribution in [1.82, 2.24) is 0 Å². The van der Waals surface area contributed by atoms with Crippen molar-refractivity contribution in [1.29, 1.82) is 0 Å². The molecule has 0 aromatic heterocycles. The van der Waals surface area contributed by atoms with Gasteiger partial charge in [0.2, 0.25) is 0 Å². The molecule has 0 radical (unpaired) electrons. The summed E-state index contributed by atoms with van der Waals surface area (Å²) in [6, 6.07) is 23.0. The van der Waals surface area contributed by atoms with Crippen LogP contribution >= 0.6 is 15.9 Å². The Morgan fingerprint density at radius 1 is 0.833 bits per heavy atom. The van der Waals surface area contributed by atoms with Crippen molar-refractivity contribution in [2.75, 3.05) is 4.90 Å². The lowest BCUT2D eigenvalue weighted by molar-refractivity contribution is 1.21. The van der Waals surface area contributed by atoms with Crippen LogP contribution in [0.15, 0.2) is 108 Å². The minimum absolute atomic E-state index is 0.979. The third-order valence-corrected chi connectivity index (χ3v) is 4.31. The molecule has 0 atom stereocenters. The van der Waals surface area contributed by atoms with Gasteiger partial charge >= 0.3 is 0 Å². The van der Waals surface area contributed by atoms with Crippen LogP contribution in [-0.4, -0.2) is 0 Å². The summed E-state index contributed by atoms with van der Waals surface area (Å²) in [5.74, 6) is 0. The predicted octanol–water partition coefficient (Wildman–Crippen LogP) is 7.00. The summed E-state index contributed by atoms with van der Waals surface area (Å²) in [4.78, 5) is 2.18. The van der Waals surface area contributed by atoms with Crippen LogP contribution in [0.5, 0.6) is 0 Å². The van der Waals surface area contributed by atoms with Gasteiger partial charge in [-0.2, -0.15) is 0 Å². The Balaban J connectivity index is 2.18. The van der Waals surface area contributed by atoms with Gasteiger partial charge in [0.05, 0.1) is 0 Å². The average molecular weight is 376 g/mol. The summed E-state index contributed by atoms with van der Waals surface area (Å²) in [6.45, 7) is 7.78. The molecule has 3 rings (SSSR count).